The molecule has 7 rings (SSSR count). The van der Waals surface area contributed by atoms with Crippen LogP contribution < -0.4 is 9.47 Å². The third-order valence-corrected chi connectivity index (χ3v) is 8.37. The molecule has 45 heavy (non-hydrogen) atoms. The summed E-state index contributed by atoms with van der Waals surface area (Å²) in [6.45, 7) is 2.30. The van der Waals surface area contributed by atoms with E-state index in [4.69, 9.17) is 25.8 Å². The number of carbonyl (C=O) groups is 1. The van der Waals surface area contributed by atoms with Gasteiger partial charge in [-0.15, -0.1) is 0 Å². The number of aromatic nitrogens is 2. The van der Waals surface area contributed by atoms with E-state index in [9.17, 15) is 14.3 Å². The lowest BCUT2D eigenvalue weighted by atomic mass is 9.99. The summed E-state index contributed by atoms with van der Waals surface area (Å²) in [6, 6.07) is 13.6. The summed E-state index contributed by atoms with van der Waals surface area (Å²) in [5, 5.41) is 9.64. The molecule has 1 unspecified atom stereocenters. The van der Waals surface area contributed by atoms with Gasteiger partial charge in [-0.25, -0.2) is 27.3 Å². The zero-order valence-corrected chi connectivity index (χ0v) is 24.3. The molecule has 1 fully saturated rings. The predicted octanol–water partition coefficient (Wildman–Crippen LogP) is 7.64. The van der Waals surface area contributed by atoms with Gasteiger partial charge in [0.1, 0.15) is 17.5 Å². The van der Waals surface area contributed by atoms with Crippen molar-refractivity contribution in [1.29, 1.82) is 0 Å². The first-order chi connectivity index (χ1) is 21.5. The topological polar surface area (TPSA) is 82.8 Å². The van der Waals surface area contributed by atoms with Crippen LogP contribution in [0.15, 0.2) is 60.7 Å². The third kappa shape index (κ3) is 4.96. The number of carboxylic acid groups (broad SMARTS) is 1. The standard InChI is InChI=1S/C33H23ClF4N2O5/c1-33(22-7-6-17(34)12-24(22)36)44-27-4-2-3-19(31(27)45-33)20-13-23(35)21(30(38)29(20)37)14-28-39-25-8-5-16(32(41)42)11-26(25)40(28)15-18-9-10-43-18/h2-8,11-13,18H,9-10,14-15H2,1H3,(H,41,42)/t18-,33?/m0/s1. The fourth-order valence-electron chi connectivity index (χ4n) is 5.73. The third-order valence-electron chi connectivity index (χ3n) is 8.13. The largest absolute Gasteiger partial charge is 0.478 e. The molecule has 1 aromatic heterocycles. The van der Waals surface area contributed by atoms with E-state index in [1.54, 1.807) is 4.57 Å². The highest BCUT2D eigenvalue weighted by molar-refractivity contribution is 6.30. The molecule has 4 aromatic carbocycles. The molecule has 0 saturated carbocycles. The first kappa shape index (κ1) is 29.1. The van der Waals surface area contributed by atoms with E-state index < -0.39 is 52.6 Å². The van der Waals surface area contributed by atoms with Gasteiger partial charge in [-0.2, -0.15) is 0 Å². The van der Waals surface area contributed by atoms with Gasteiger partial charge in [0, 0.05) is 41.7 Å². The summed E-state index contributed by atoms with van der Waals surface area (Å²) in [7, 11) is 0. The Hall–Kier alpha value is -4.61. The summed E-state index contributed by atoms with van der Waals surface area (Å²) in [5.74, 6) is -6.95. The number of benzene rings is 4. The molecular formula is C33H23ClF4N2O5. The van der Waals surface area contributed by atoms with Gasteiger partial charge >= 0.3 is 5.97 Å². The minimum Gasteiger partial charge on any atom is -0.478 e. The Morgan fingerprint density at radius 1 is 1.02 bits per heavy atom. The number of carboxylic acids is 1. The van der Waals surface area contributed by atoms with Gasteiger partial charge in [-0.3, -0.25) is 0 Å². The molecule has 3 heterocycles. The van der Waals surface area contributed by atoms with Crippen molar-refractivity contribution < 1.29 is 41.7 Å². The first-order valence-corrected chi connectivity index (χ1v) is 14.4. The Morgan fingerprint density at radius 3 is 2.53 bits per heavy atom. The number of nitrogens with zero attached hydrogens (tertiary/aromatic N) is 2. The van der Waals surface area contributed by atoms with Crippen LogP contribution in [0.25, 0.3) is 22.2 Å². The molecule has 7 nitrogen and oxygen atoms in total. The minimum atomic E-state index is -1.66. The highest BCUT2D eigenvalue weighted by Crippen LogP contribution is 2.50. The number of halogens is 5. The normalized spacial score (nSPS) is 18.8. The highest BCUT2D eigenvalue weighted by Gasteiger charge is 2.42. The molecule has 0 spiro atoms. The summed E-state index contributed by atoms with van der Waals surface area (Å²) in [4.78, 5) is 16.1. The van der Waals surface area contributed by atoms with Gasteiger partial charge in [0.05, 0.1) is 34.8 Å². The molecule has 0 aliphatic carbocycles. The summed E-state index contributed by atoms with van der Waals surface area (Å²) in [5.41, 5.74) is -0.0547. The van der Waals surface area contributed by atoms with Crippen LogP contribution in [-0.2, 0) is 23.5 Å². The SMILES string of the molecule is CC1(c2ccc(Cl)cc2F)Oc2cccc(-c3cc(F)c(Cc4nc5ccc(C(=O)O)cc5n4C[C@@H]4CCO4)c(F)c3F)c2O1. The number of hydrogen-bond acceptors (Lipinski definition) is 5. The van der Waals surface area contributed by atoms with Gasteiger partial charge in [-0.05, 0) is 55.0 Å². The average Bonchev–Trinajstić information content (AvgIpc) is 3.51. The quantitative estimate of drug-likeness (QED) is 0.146. The van der Waals surface area contributed by atoms with Gasteiger partial charge in [0.25, 0.3) is 5.79 Å². The molecular weight excluding hydrogens is 616 g/mol. The molecule has 2 atom stereocenters. The molecule has 2 aliphatic heterocycles. The average molecular weight is 639 g/mol. The van der Waals surface area contributed by atoms with E-state index in [1.807, 2.05) is 0 Å². The number of imidazole rings is 1. The van der Waals surface area contributed by atoms with E-state index in [-0.39, 0.29) is 51.7 Å². The number of hydrogen-bond donors (Lipinski definition) is 1. The zero-order chi connectivity index (χ0) is 31.6. The van der Waals surface area contributed by atoms with Gasteiger partial charge < -0.3 is 23.9 Å². The van der Waals surface area contributed by atoms with Crippen molar-refractivity contribution in [3.05, 3.63) is 111 Å². The van der Waals surface area contributed by atoms with E-state index in [1.165, 1.54) is 55.5 Å². The van der Waals surface area contributed by atoms with E-state index >= 15 is 13.2 Å². The number of para-hydroxylation sites is 1. The van der Waals surface area contributed by atoms with Crippen molar-refractivity contribution >= 4 is 28.6 Å². The minimum absolute atomic E-state index is 0.00279. The summed E-state index contributed by atoms with van der Waals surface area (Å²) < 4.78 is 81.2. The van der Waals surface area contributed by atoms with Crippen molar-refractivity contribution in [3.63, 3.8) is 0 Å². The molecule has 230 valence electrons. The Morgan fingerprint density at radius 2 is 1.82 bits per heavy atom. The number of ether oxygens (including phenoxy) is 3. The lowest BCUT2D eigenvalue weighted by molar-refractivity contribution is -0.0705. The second kappa shape index (κ2) is 10.8. The van der Waals surface area contributed by atoms with Crippen LogP contribution in [0.4, 0.5) is 17.6 Å². The Labute approximate surface area is 258 Å². The Kier molecular flexibility index (Phi) is 6.97. The second-order valence-electron chi connectivity index (χ2n) is 11.0. The van der Waals surface area contributed by atoms with Crippen LogP contribution in [0.2, 0.25) is 5.02 Å². The number of aromatic carboxylic acids is 1. The van der Waals surface area contributed by atoms with Gasteiger partial charge in [0.15, 0.2) is 23.1 Å². The van der Waals surface area contributed by atoms with Crippen molar-refractivity contribution in [1.82, 2.24) is 9.55 Å². The molecule has 5 aromatic rings. The number of fused-ring (bicyclic) bond motifs is 2. The fourth-order valence-corrected chi connectivity index (χ4v) is 5.89. The fraction of sp³-hybridized carbons (Fsp3) is 0.212. The molecule has 0 bridgehead atoms. The van der Waals surface area contributed by atoms with Crippen LogP contribution in [0.5, 0.6) is 11.5 Å². The van der Waals surface area contributed by atoms with Gasteiger partial charge in [0.2, 0.25) is 0 Å². The maximum absolute atomic E-state index is 15.8. The maximum Gasteiger partial charge on any atom is 0.335 e. The van der Waals surface area contributed by atoms with Crippen LogP contribution in [0, 0.1) is 23.3 Å². The molecule has 1 saturated heterocycles. The second-order valence-corrected chi connectivity index (χ2v) is 11.5. The van der Waals surface area contributed by atoms with Crippen molar-refractivity contribution in [3.8, 4) is 22.6 Å². The summed E-state index contributed by atoms with van der Waals surface area (Å²) >= 11 is 5.89. The van der Waals surface area contributed by atoms with E-state index in [2.05, 4.69) is 4.98 Å². The molecule has 1 N–H and O–H groups in total. The maximum atomic E-state index is 15.8. The van der Waals surface area contributed by atoms with Gasteiger partial charge in [-0.1, -0.05) is 23.7 Å². The first-order valence-electron chi connectivity index (χ1n) is 14.0. The van der Waals surface area contributed by atoms with Crippen LogP contribution in [0.3, 0.4) is 0 Å². The Bertz CT molecular complexity index is 2030. The van der Waals surface area contributed by atoms with Crippen molar-refractivity contribution in [2.24, 2.45) is 0 Å². The Balaban J connectivity index is 1.26. The smallest absolute Gasteiger partial charge is 0.335 e. The predicted molar refractivity (Wildman–Crippen MR) is 156 cm³/mol. The molecule has 0 radical (unpaired) electrons. The molecule has 2 aliphatic rings. The van der Waals surface area contributed by atoms with Crippen LogP contribution in [-0.4, -0.2) is 33.3 Å². The summed E-state index contributed by atoms with van der Waals surface area (Å²) in [6.07, 6.45) is 0.151. The van der Waals surface area contributed by atoms with E-state index in [0.29, 0.717) is 17.6 Å². The zero-order valence-electron chi connectivity index (χ0n) is 23.5. The highest BCUT2D eigenvalue weighted by atomic mass is 35.5. The monoisotopic (exact) mass is 638 g/mol. The van der Waals surface area contributed by atoms with Crippen molar-refractivity contribution in [2.75, 3.05) is 6.61 Å². The van der Waals surface area contributed by atoms with Crippen LogP contribution >= 0.6 is 11.6 Å². The lowest BCUT2D eigenvalue weighted by Gasteiger charge is -2.27. The van der Waals surface area contributed by atoms with E-state index in [0.717, 1.165) is 18.6 Å². The van der Waals surface area contributed by atoms with Crippen molar-refractivity contribution in [2.45, 2.75) is 38.2 Å². The molecule has 12 heteroatoms. The van der Waals surface area contributed by atoms with Crippen LogP contribution in [0.1, 0.15) is 40.7 Å². The lowest BCUT2D eigenvalue weighted by Crippen LogP contribution is -2.32. The molecule has 0 amide bonds. The number of rotatable bonds is 7.